The molecule has 2 saturated heterocycles. The van der Waals surface area contributed by atoms with Gasteiger partial charge in [-0.1, -0.05) is 72.8 Å². The molecule has 8 heteroatoms. The minimum absolute atomic E-state index is 0.0856. The van der Waals surface area contributed by atoms with Gasteiger partial charge in [0.05, 0.1) is 17.9 Å². The quantitative estimate of drug-likeness (QED) is 0.539. The number of rotatable bonds is 6. The summed E-state index contributed by atoms with van der Waals surface area (Å²) in [6.45, 7) is 2.21. The fourth-order valence-corrected chi connectivity index (χ4v) is 6.74. The Labute approximate surface area is 227 Å². The number of aryl methyl sites for hydroxylation is 1. The van der Waals surface area contributed by atoms with Gasteiger partial charge in [0, 0.05) is 23.3 Å². The molecule has 2 aromatic rings. The smallest absolute Gasteiger partial charge is 0.246 e. The van der Waals surface area contributed by atoms with Gasteiger partial charge < -0.3 is 20.3 Å². The molecule has 3 heterocycles. The number of hydrogen-bond donors (Lipinski definition) is 2. The van der Waals surface area contributed by atoms with Gasteiger partial charge in [0.15, 0.2) is 0 Å². The molecule has 198 valence electrons. The number of carbonyl (C=O) groups excluding carboxylic acids is 3. The summed E-state index contributed by atoms with van der Waals surface area (Å²) in [6.07, 6.45) is 8.33. The largest absolute Gasteiger partial charge is 0.359 e. The lowest BCUT2D eigenvalue weighted by Crippen LogP contribution is -2.56. The van der Waals surface area contributed by atoms with Gasteiger partial charge in [0.1, 0.15) is 11.6 Å². The molecule has 7 nitrogen and oxygen atoms in total. The van der Waals surface area contributed by atoms with E-state index in [2.05, 4.69) is 10.6 Å². The molecule has 2 N–H and O–H groups in total. The molecule has 3 fully saturated rings. The van der Waals surface area contributed by atoms with E-state index in [4.69, 9.17) is 16.3 Å². The summed E-state index contributed by atoms with van der Waals surface area (Å²) in [7, 11) is 0. The molecule has 2 aromatic carbocycles. The van der Waals surface area contributed by atoms with Crippen molar-refractivity contribution in [3.05, 3.63) is 76.8 Å². The van der Waals surface area contributed by atoms with E-state index in [9.17, 15) is 14.4 Å². The maximum absolute atomic E-state index is 14.1. The Morgan fingerprint density at radius 2 is 1.74 bits per heavy atom. The summed E-state index contributed by atoms with van der Waals surface area (Å²) in [4.78, 5) is 43.1. The Morgan fingerprint density at radius 1 is 1.03 bits per heavy atom. The molecule has 0 aromatic heterocycles. The van der Waals surface area contributed by atoms with Crippen molar-refractivity contribution < 1.29 is 19.1 Å². The SMILES string of the molecule is Cc1ccc(NC(=O)C2C3C=CC4(O3)C2C(=O)N(Cc2ccc(Cl)cc2)C4C(=O)NC2CCCCC2)cc1. The Hall–Kier alpha value is -3.16. The predicted molar refractivity (Wildman–Crippen MR) is 144 cm³/mol. The summed E-state index contributed by atoms with van der Waals surface area (Å²) in [5, 5.41) is 6.78. The molecule has 1 aliphatic carbocycles. The first kappa shape index (κ1) is 25.1. The van der Waals surface area contributed by atoms with Gasteiger partial charge in [-0.05, 0) is 49.6 Å². The van der Waals surface area contributed by atoms with Crippen LogP contribution in [0.4, 0.5) is 5.69 Å². The number of ether oxygens (including phenoxy) is 1. The molecule has 1 saturated carbocycles. The highest BCUT2D eigenvalue weighted by Gasteiger charge is 2.72. The topological polar surface area (TPSA) is 87.7 Å². The average molecular weight is 534 g/mol. The van der Waals surface area contributed by atoms with Gasteiger partial charge in [0.2, 0.25) is 17.7 Å². The molecular formula is C30H32ClN3O4. The Balaban J connectivity index is 1.32. The van der Waals surface area contributed by atoms with E-state index in [1.165, 1.54) is 6.42 Å². The van der Waals surface area contributed by atoms with E-state index in [1.807, 2.05) is 55.5 Å². The second-order valence-corrected chi connectivity index (χ2v) is 11.4. The minimum Gasteiger partial charge on any atom is -0.359 e. The van der Waals surface area contributed by atoms with E-state index >= 15 is 0 Å². The van der Waals surface area contributed by atoms with Crippen molar-refractivity contribution in [2.24, 2.45) is 11.8 Å². The first-order valence-electron chi connectivity index (χ1n) is 13.5. The number of halogens is 1. The van der Waals surface area contributed by atoms with Crippen LogP contribution in [0.5, 0.6) is 0 Å². The number of fused-ring (bicyclic) bond motifs is 1. The summed E-state index contributed by atoms with van der Waals surface area (Å²) < 4.78 is 6.44. The van der Waals surface area contributed by atoms with Crippen molar-refractivity contribution in [1.82, 2.24) is 10.2 Å². The van der Waals surface area contributed by atoms with Crippen LogP contribution in [-0.4, -0.2) is 46.4 Å². The molecular weight excluding hydrogens is 502 g/mol. The van der Waals surface area contributed by atoms with Gasteiger partial charge in [-0.2, -0.15) is 0 Å². The number of carbonyl (C=O) groups is 3. The Morgan fingerprint density at radius 3 is 2.45 bits per heavy atom. The predicted octanol–water partition coefficient (Wildman–Crippen LogP) is 4.39. The van der Waals surface area contributed by atoms with E-state index in [-0.39, 0.29) is 30.3 Å². The zero-order valence-electron chi connectivity index (χ0n) is 21.4. The van der Waals surface area contributed by atoms with Crippen LogP contribution in [-0.2, 0) is 25.7 Å². The van der Waals surface area contributed by atoms with Crippen LogP contribution in [0.1, 0.15) is 43.2 Å². The van der Waals surface area contributed by atoms with E-state index in [1.54, 1.807) is 17.0 Å². The van der Waals surface area contributed by atoms with Crippen molar-refractivity contribution in [3.8, 4) is 0 Å². The number of nitrogens with one attached hydrogen (secondary N) is 2. The van der Waals surface area contributed by atoms with Crippen molar-refractivity contribution in [2.75, 3.05) is 5.32 Å². The summed E-state index contributed by atoms with van der Waals surface area (Å²) in [5.41, 5.74) is 1.43. The van der Waals surface area contributed by atoms with Crippen LogP contribution in [0, 0.1) is 18.8 Å². The van der Waals surface area contributed by atoms with Crippen molar-refractivity contribution in [3.63, 3.8) is 0 Å². The Bertz CT molecular complexity index is 1270. The van der Waals surface area contributed by atoms with E-state index in [0.717, 1.165) is 36.8 Å². The number of benzene rings is 2. The molecule has 0 radical (unpaired) electrons. The van der Waals surface area contributed by atoms with Gasteiger partial charge in [-0.25, -0.2) is 0 Å². The standard InChI is InChI=1S/C30H32ClN3O4/c1-18-7-13-22(14-8-18)32-27(35)24-23-15-16-30(38-23)25(24)29(37)34(17-19-9-11-20(31)12-10-19)26(30)28(36)33-21-5-3-2-4-6-21/h7-16,21,23-26H,2-6,17H2,1H3,(H,32,35)(H,33,36). The highest BCUT2D eigenvalue weighted by molar-refractivity contribution is 6.30. The molecule has 38 heavy (non-hydrogen) atoms. The maximum atomic E-state index is 14.1. The van der Waals surface area contributed by atoms with Crippen molar-refractivity contribution in [2.45, 2.75) is 69.4 Å². The first-order valence-corrected chi connectivity index (χ1v) is 13.8. The molecule has 4 aliphatic rings. The van der Waals surface area contributed by atoms with Gasteiger partial charge in [0.25, 0.3) is 0 Å². The fraction of sp³-hybridized carbons (Fsp3) is 0.433. The van der Waals surface area contributed by atoms with E-state index < -0.39 is 29.6 Å². The fourth-order valence-electron chi connectivity index (χ4n) is 6.61. The highest BCUT2D eigenvalue weighted by Crippen LogP contribution is 2.55. The first-order chi connectivity index (χ1) is 18.4. The number of amides is 3. The van der Waals surface area contributed by atoms with Crippen LogP contribution in [0.3, 0.4) is 0 Å². The van der Waals surface area contributed by atoms with Gasteiger partial charge in [-0.3, -0.25) is 14.4 Å². The lowest BCUT2D eigenvalue weighted by molar-refractivity contribution is -0.142. The lowest BCUT2D eigenvalue weighted by atomic mass is 9.74. The molecule has 3 aliphatic heterocycles. The van der Waals surface area contributed by atoms with Gasteiger partial charge >= 0.3 is 0 Å². The average Bonchev–Trinajstić information content (AvgIpc) is 3.55. The normalized spacial score (nSPS) is 29.9. The van der Waals surface area contributed by atoms with Crippen molar-refractivity contribution in [1.29, 1.82) is 0 Å². The highest BCUT2D eigenvalue weighted by atomic mass is 35.5. The number of nitrogens with zero attached hydrogens (tertiary/aromatic N) is 1. The molecule has 6 rings (SSSR count). The second kappa shape index (κ2) is 9.86. The van der Waals surface area contributed by atoms with Crippen LogP contribution < -0.4 is 10.6 Å². The maximum Gasteiger partial charge on any atom is 0.246 e. The van der Waals surface area contributed by atoms with Crippen LogP contribution in [0.15, 0.2) is 60.7 Å². The molecule has 1 spiro atoms. The second-order valence-electron chi connectivity index (χ2n) is 11.0. The molecule has 5 unspecified atom stereocenters. The monoisotopic (exact) mass is 533 g/mol. The van der Waals surface area contributed by atoms with Gasteiger partial charge in [-0.15, -0.1) is 0 Å². The van der Waals surface area contributed by atoms with Crippen LogP contribution >= 0.6 is 11.6 Å². The zero-order valence-corrected chi connectivity index (χ0v) is 22.1. The molecule has 2 bridgehead atoms. The summed E-state index contributed by atoms with van der Waals surface area (Å²) in [5.74, 6) is -2.24. The molecule has 5 atom stereocenters. The third-order valence-electron chi connectivity index (χ3n) is 8.46. The van der Waals surface area contributed by atoms with E-state index in [0.29, 0.717) is 10.7 Å². The number of hydrogen-bond acceptors (Lipinski definition) is 4. The summed E-state index contributed by atoms with van der Waals surface area (Å²) >= 11 is 6.08. The Kier molecular flexibility index (Phi) is 6.52. The lowest BCUT2D eigenvalue weighted by Gasteiger charge is -2.34. The minimum atomic E-state index is -1.18. The van der Waals surface area contributed by atoms with Crippen LogP contribution in [0.2, 0.25) is 5.02 Å². The number of anilines is 1. The number of likely N-dealkylation sites (tertiary alicyclic amines) is 1. The third-order valence-corrected chi connectivity index (χ3v) is 8.71. The summed E-state index contributed by atoms with van der Waals surface area (Å²) in [6, 6.07) is 14.0. The molecule has 3 amide bonds. The van der Waals surface area contributed by atoms with Crippen molar-refractivity contribution >= 4 is 35.0 Å². The van der Waals surface area contributed by atoms with Crippen LogP contribution in [0.25, 0.3) is 0 Å². The zero-order chi connectivity index (χ0) is 26.4. The third kappa shape index (κ3) is 4.31.